The smallest absolute Gasteiger partial charge is 0.0195 e. The second-order valence-corrected chi connectivity index (χ2v) is 7.63. The van der Waals surface area contributed by atoms with E-state index in [0.29, 0.717) is 0 Å². The normalized spacial score (nSPS) is 35.7. The quantitative estimate of drug-likeness (QED) is 0.821. The monoisotopic (exact) mass is 280 g/mol. The Balaban J connectivity index is 1.98. The van der Waals surface area contributed by atoms with Gasteiger partial charge >= 0.3 is 0 Å². The minimum Gasteiger partial charge on any atom is -0.313 e. The van der Waals surface area contributed by atoms with Crippen LogP contribution in [-0.4, -0.2) is 36.6 Å². The van der Waals surface area contributed by atoms with Crippen LogP contribution in [-0.2, 0) is 0 Å². The van der Waals surface area contributed by atoms with Gasteiger partial charge in [0.2, 0.25) is 0 Å². The molecule has 1 aliphatic heterocycles. The van der Waals surface area contributed by atoms with E-state index in [0.717, 1.165) is 29.8 Å². The van der Waals surface area contributed by atoms with Gasteiger partial charge in [-0.25, -0.2) is 0 Å². The summed E-state index contributed by atoms with van der Waals surface area (Å²) in [5.41, 5.74) is 0. The molecule has 0 spiro atoms. The third-order valence-corrected chi connectivity index (χ3v) is 5.73. The fraction of sp³-hybridized carbons (Fsp3) is 1.00. The summed E-state index contributed by atoms with van der Waals surface area (Å²) in [6.07, 6.45) is 8.48. The van der Waals surface area contributed by atoms with Crippen molar-refractivity contribution in [3.63, 3.8) is 0 Å². The maximum absolute atomic E-state index is 3.74. The van der Waals surface area contributed by atoms with Gasteiger partial charge in [0, 0.05) is 18.6 Å². The highest BCUT2D eigenvalue weighted by atomic mass is 15.2. The molecule has 1 N–H and O–H groups in total. The highest BCUT2D eigenvalue weighted by Gasteiger charge is 2.34. The van der Waals surface area contributed by atoms with Crippen LogP contribution in [0.15, 0.2) is 0 Å². The number of hydrogen-bond donors (Lipinski definition) is 1. The van der Waals surface area contributed by atoms with Crippen LogP contribution in [0.5, 0.6) is 0 Å². The maximum atomic E-state index is 3.74. The fourth-order valence-corrected chi connectivity index (χ4v) is 4.43. The SMILES string of the molecule is CCN(CC1CCCCN1)C1CC(C)CCC1C(C)C. The summed E-state index contributed by atoms with van der Waals surface area (Å²) in [5.74, 6) is 2.67. The fourth-order valence-electron chi connectivity index (χ4n) is 4.43. The Morgan fingerprint density at radius 3 is 2.55 bits per heavy atom. The summed E-state index contributed by atoms with van der Waals surface area (Å²) in [5, 5.41) is 3.74. The minimum absolute atomic E-state index is 0.744. The van der Waals surface area contributed by atoms with Crippen LogP contribution in [0.3, 0.4) is 0 Å². The van der Waals surface area contributed by atoms with E-state index in [4.69, 9.17) is 0 Å². The number of nitrogens with zero attached hydrogens (tertiary/aromatic N) is 1. The molecular formula is C18H36N2. The Morgan fingerprint density at radius 2 is 1.95 bits per heavy atom. The molecule has 2 heteroatoms. The van der Waals surface area contributed by atoms with Crippen molar-refractivity contribution in [1.29, 1.82) is 0 Å². The predicted octanol–water partition coefficient (Wildman–Crippen LogP) is 3.91. The van der Waals surface area contributed by atoms with Gasteiger partial charge in [-0.2, -0.15) is 0 Å². The highest BCUT2D eigenvalue weighted by Crippen LogP contribution is 2.36. The first-order valence-corrected chi connectivity index (χ1v) is 9.09. The van der Waals surface area contributed by atoms with Crippen molar-refractivity contribution < 1.29 is 0 Å². The Labute approximate surface area is 126 Å². The summed E-state index contributed by atoms with van der Waals surface area (Å²) in [7, 11) is 0. The first-order valence-electron chi connectivity index (χ1n) is 9.09. The summed E-state index contributed by atoms with van der Waals surface area (Å²) < 4.78 is 0. The second-order valence-electron chi connectivity index (χ2n) is 7.63. The van der Waals surface area contributed by atoms with Crippen molar-refractivity contribution in [2.75, 3.05) is 19.6 Å². The van der Waals surface area contributed by atoms with Crippen LogP contribution >= 0.6 is 0 Å². The molecule has 0 aromatic heterocycles. The van der Waals surface area contributed by atoms with Crippen molar-refractivity contribution in [2.24, 2.45) is 17.8 Å². The lowest BCUT2D eigenvalue weighted by Gasteiger charge is -2.45. The number of likely N-dealkylation sites (N-methyl/N-ethyl adjacent to an activating group) is 1. The van der Waals surface area contributed by atoms with Gasteiger partial charge in [0.25, 0.3) is 0 Å². The molecule has 0 radical (unpaired) electrons. The Morgan fingerprint density at radius 1 is 1.15 bits per heavy atom. The maximum Gasteiger partial charge on any atom is 0.0195 e. The Hall–Kier alpha value is -0.0800. The van der Waals surface area contributed by atoms with E-state index in [1.165, 1.54) is 58.2 Å². The lowest BCUT2D eigenvalue weighted by molar-refractivity contribution is 0.0536. The summed E-state index contributed by atoms with van der Waals surface area (Å²) in [4.78, 5) is 2.81. The van der Waals surface area contributed by atoms with Gasteiger partial charge < -0.3 is 5.32 Å². The molecule has 4 unspecified atom stereocenters. The molecule has 2 fully saturated rings. The predicted molar refractivity (Wildman–Crippen MR) is 88.0 cm³/mol. The van der Waals surface area contributed by atoms with E-state index in [2.05, 4.69) is 37.9 Å². The van der Waals surface area contributed by atoms with Gasteiger partial charge in [-0.3, -0.25) is 4.90 Å². The second kappa shape index (κ2) is 7.79. The third-order valence-electron chi connectivity index (χ3n) is 5.73. The van der Waals surface area contributed by atoms with Gasteiger partial charge in [-0.15, -0.1) is 0 Å². The highest BCUT2D eigenvalue weighted by molar-refractivity contribution is 4.89. The van der Waals surface area contributed by atoms with E-state index < -0.39 is 0 Å². The molecule has 0 amide bonds. The number of hydrogen-bond acceptors (Lipinski definition) is 2. The largest absolute Gasteiger partial charge is 0.313 e. The lowest BCUT2D eigenvalue weighted by atomic mass is 9.73. The molecule has 0 aromatic rings. The van der Waals surface area contributed by atoms with Crippen LogP contribution in [0.2, 0.25) is 0 Å². The zero-order valence-corrected chi connectivity index (χ0v) is 14.2. The molecule has 1 aliphatic carbocycles. The van der Waals surface area contributed by atoms with E-state index in [1.807, 2.05) is 0 Å². The molecule has 1 saturated carbocycles. The number of piperidine rings is 1. The van der Waals surface area contributed by atoms with E-state index >= 15 is 0 Å². The standard InChI is InChI=1S/C18H36N2/c1-5-20(13-16-8-6-7-11-19-16)18-12-15(4)9-10-17(18)14(2)3/h14-19H,5-13H2,1-4H3. The number of rotatable bonds is 5. The molecular weight excluding hydrogens is 244 g/mol. The Bertz CT molecular complexity index is 271. The molecule has 2 rings (SSSR count). The van der Waals surface area contributed by atoms with Gasteiger partial charge in [0.15, 0.2) is 0 Å². The molecule has 20 heavy (non-hydrogen) atoms. The van der Waals surface area contributed by atoms with Crippen LogP contribution in [0.25, 0.3) is 0 Å². The van der Waals surface area contributed by atoms with Crippen molar-refractivity contribution in [3.8, 4) is 0 Å². The third kappa shape index (κ3) is 4.21. The van der Waals surface area contributed by atoms with Crippen molar-refractivity contribution in [3.05, 3.63) is 0 Å². The van der Waals surface area contributed by atoms with Crippen molar-refractivity contribution >= 4 is 0 Å². The van der Waals surface area contributed by atoms with E-state index in [9.17, 15) is 0 Å². The average Bonchev–Trinajstić information content (AvgIpc) is 2.45. The number of nitrogens with one attached hydrogen (secondary N) is 1. The first-order chi connectivity index (χ1) is 9.61. The first kappa shape index (κ1) is 16.3. The van der Waals surface area contributed by atoms with Crippen LogP contribution in [0.1, 0.15) is 66.2 Å². The van der Waals surface area contributed by atoms with Gasteiger partial charge in [-0.1, -0.05) is 40.5 Å². The van der Waals surface area contributed by atoms with Crippen LogP contribution in [0, 0.1) is 17.8 Å². The van der Waals surface area contributed by atoms with E-state index in [-0.39, 0.29) is 0 Å². The molecule has 2 aliphatic rings. The average molecular weight is 280 g/mol. The molecule has 1 saturated heterocycles. The van der Waals surface area contributed by atoms with Crippen molar-refractivity contribution in [2.45, 2.75) is 78.3 Å². The molecule has 4 atom stereocenters. The summed E-state index contributed by atoms with van der Waals surface area (Å²) >= 11 is 0. The zero-order valence-electron chi connectivity index (χ0n) is 14.2. The molecule has 118 valence electrons. The lowest BCUT2D eigenvalue weighted by Crippen LogP contribution is -2.51. The summed E-state index contributed by atoms with van der Waals surface area (Å²) in [6.45, 7) is 13.4. The van der Waals surface area contributed by atoms with Crippen LogP contribution < -0.4 is 5.32 Å². The zero-order chi connectivity index (χ0) is 14.5. The topological polar surface area (TPSA) is 15.3 Å². The molecule has 1 heterocycles. The van der Waals surface area contributed by atoms with Gasteiger partial charge in [0.1, 0.15) is 0 Å². The van der Waals surface area contributed by atoms with Gasteiger partial charge in [-0.05, 0) is 56.5 Å². The van der Waals surface area contributed by atoms with E-state index in [1.54, 1.807) is 0 Å². The molecule has 0 aromatic carbocycles. The van der Waals surface area contributed by atoms with Crippen molar-refractivity contribution in [1.82, 2.24) is 10.2 Å². The van der Waals surface area contributed by atoms with Gasteiger partial charge in [0.05, 0.1) is 0 Å². The molecule has 0 bridgehead atoms. The minimum atomic E-state index is 0.744. The van der Waals surface area contributed by atoms with Crippen LogP contribution in [0.4, 0.5) is 0 Å². The molecule has 2 nitrogen and oxygen atoms in total. The summed E-state index contributed by atoms with van der Waals surface area (Å²) in [6, 6.07) is 1.57. The Kier molecular flexibility index (Phi) is 6.35.